The molecule has 1 aromatic heterocycles. The zero-order valence-corrected chi connectivity index (χ0v) is 8.35. The van der Waals surface area contributed by atoms with E-state index in [-0.39, 0.29) is 6.04 Å². The third-order valence-corrected chi connectivity index (χ3v) is 2.69. The molecule has 2 atom stereocenters. The second kappa shape index (κ2) is 3.91. The van der Waals surface area contributed by atoms with Crippen LogP contribution < -0.4 is 10.6 Å². The van der Waals surface area contributed by atoms with Crippen molar-refractivity contribution in [1.82, 2.24) is 20.6 Å². The Balaban J connectivity index is 2.06. The molecular formula is C8H16N6. The number of nitrogens with two attached hydrogens (primary N) is 1. The second-order valence-corrected chi connectivity index (χ2v) is 4.06. The molecule has 2 unspecified atom stereocenters. The Morgan fingerprint density at radius 2 is 2.43 bits per heavy atom. The van der Waals surface area contributed by atoms with E-state index >= 15 is 0 Å². The van der Waals surface area contributed by atoms with Gasteiger partial charge in [-0.05, 0) is 29.2 Å². The maximum atomic E-state index is 6.00. The number of tetrazole rings is 1. The summed E-state index contributed by atoms with van der Waals surface area (Å²) in [4.78, 5) is 2.12. The minimum Gasteiger partial charge on any atom is -0.338 e. The molecule has 2 heterocycles. The molecule has 14 heavy (non-hydrogen) atoms. The average Bonchev–Trinajstić information content (AvgIpc) is 2.59. The highest BCUT2D eigenvalue weighted by Crippen LogP contribution is 2.18. The van der Waals surface area contributed by atoms with Gasteiger partial charge in [-0.3, -0.25) is 0 Å². The molecule has 1 fully saturated rings. The Morgan fingerprint density at radius 1 is 1.57 bits per heavy atom. The summed E-state index contributed by atoms with van der Waals surface area (Å²) in [6, 6.07) is 0.220. The summed E-state index contributed by atoms with van der Waals surface area (Å²) in [6.45, 7) is 4.05. The highest BCUT2D eigenvalue weighted by molar-refractivity contribution is 5.26. The summed E-state index contributed by atoms with van der Waals surface area (Å²) in [7, 11) is 0. The van der Waals surface area contributed by atoms with Crippen LogP contribution in [0.3, 0.4) is 0 Å². The van der Waals surface area contributed by atoms with Crippen LogP contribution in [-0.2, 0) is 0 Å². The average molecular weight is 196 g/mol. The molecule has 0 aliphatic carbocycles. The molecule has 2 rings (SSSR count). The van der Waals surface area contributed by atoms with Gasteiger partial charge in [0.05, 0.1) is 0 Å². The van der Waals surface area contributed by atoms with Crippen LogP contribution in [0.15, 0.2) is 0 Å². The van der Waals surface area contributed by atoms with Gasteiger partial charge in [0.1, 0.15) is 0 Å². The summed E-state index contributed by atoms with van der Waals surface area (Å²) in [5.41, 5.74) is 6.00. The SMILES string of the molecule is CC1CCN(c2nnn[nH]2)CC(N)C1. The maximum Gasteiger partial charge on any atom is 0.242 e. The minimum atomic E-state index is 0.220. The number of hydrogen-bond acceptors (Lipinski definition) is 5. The van der Waals surface area contributed by atoms with Crippen molar-refractivity contribution in [2.45, 2.75) is 25.8 Å². The van der Waals surface area contributed by atoms with Crippen LogP contribution in [0, 0.1) is 5.92 Å². The van der Waals surface area contributed by atoms with E-state index in [9.17, 15) is 0 Å². The van der Waals surface area contributed by atoms with Crippen molar-refractivity contribution >= 4 is 5.95 Å². The van der Waals surface area contributed by atoms with E-state index in [0.717, 1.165) is 31.9 Å². The van der Waals surface area contributed by atoms with E-state index in [0.29, 0.717) is 5.92 Å². The molecule has 1 saturated heterocycles. The van der Waals surface area contributed by atoms with Gasteiger partial charge in [0.2, 0.25) is 5.95 Å². The Labute approximate surface area is 82.9 Å². The standard InChI is InChI=1S/C8H16N6/c1-6-2-3-14(5-7(9)4-6)8-10-12-13-11-8/h6-7H,2-5,9H2,1H3,(H,10,11,12,13). The smallest absolute Gasteiger partial charge is 0.242 e. The fourth-order valence-corrected chi connectivity index (χ4v) is 1.94. The first-order valence-electron chi connectivity index (χ1n) is 5.00. The third-order valence-electron chi connectivity index (χ3n) is 2.69. The lowest BCUT2D eigenvalue weighted by atomic mass is 10.0. The lowest BCUT2D eigenvalue weighted by molar-refractivity contribution is 0.484. The summed E-state index contributed by atoms with van der Waals surface area (Å²) in [5.74, 6) is 1.42. The first-order chi connectivity index (χ1) is 6.75. The van der Waals surface area contributed by atoms with Crippen molar-refractivity contribution in [1.29, 1.82) is 0 Å². The van der Waals surface area contributed by atoms with Crippen LogP contribution in [0.4, 0.5) is 5.95 Å². The molecule has 6 nitrogen and oxygen atoms in total. The van der Waals surface area contributed by atoms with Gasteiger partial charge in [0, 0.05) is 19.1 Å². The molecule has 6 heteroatoms. The monoisotopic (exact) mass is 196 g/mol. The van der Waals surface area contributed by atoms with E-state index in [4.69, 9.17) is 5.73 Å². The van der Waals surface area contributed by atoms with Crippen molar-refractivity contribution < 1.29 is 0 Å². The van der Waals surface area contributed by atoms with E-state index in [1.807, 2.05) is 0 Å². The number of H-pyrrole nitrogens is 1. The number of aromatic nitrogens is 4. The van der Waals surface area contributed by atoms with E-state index in [1.165, 1.54) is 0 Å². The predicted molar refractivity (Wildman–Crippen MR) is 52.8 cm³/mol. The zero-order valence-electron chi connectivity index (χ0n) is 8.35. The highest BCUT2D eigenvalue weighted by Gasteiger charge is 2.21. The normalized spacial score (nSPS) is 28.9. The van der Waals surface area contributed by atoms with Gasteiger partial charge in [-0.25, -0.2) is 5.10 Å². The van der Waals surface area contributed by atoms with Gasteiger partial charge in [0.25, 0.3) is 0 Å². The summed E-state index contributed by atoms with van der Waals surface area (Å²) in [6.07, 6.45) is 2.23. The van der Waals surface area contributed by atoms with Gasteiger partial charge >= 0.3 is 0 Å². The molecule has 0 bridgehead atoms. The number of anilines is 1. The second-order valence-electron chi connectivity index (χ2n) is 4.06. The quantitative estimate of drug-likeness (QED) is 0.648. The Kier molecular flexibility index (Phi) is 2.62. The Morgan fingerprint density at radius 3 is 3.14 bits per heavy atom. The summed E-state index contributed by atoms with van der Waals surface area (Å²) >= 11 is 0. The molecule has 1 aliphatic rings. The van der Waals surface area contributed by atoms with E-state index < -0.39 is 0 Å². The molecule has 0 spiro atoms. The molecule has 1 aromatic rings. The number of aromatic amines is 1. The Bertz CT molecular complexity index is 271. The van der Waals surface area contributed by atoms with Crippen LogP contribution in [0.1, 0.15) is 19.8 Å². The molecule has 0 aromatic carbocycles. The predicted octanol–water partition coefficient (Wildman–Crippen LogP) is -0.237. The largest absolute Gasteiger partial charge is 0.338 e. The van der Waals surface area contributed by atoms with Crippen molar-refractivity contribution in [3.63, 3.8) is 0 Å². The minimum absolute atomic E-state index is 0.220. The molecular weight excluding hydrogens is 180 g/mol. The molecule has 78 valence electrons. The summed E-state index contributed by atoms with van der Waals surface area (Å²) < 4.78 is 0. The van der Waals surface area contributed by atoms with Crippen LogP contribution >= 0.6 is 0 Å². The van der Waals surface area contributed by atoms with Crippen molar-refractivity contribution in [3.05, 3.63) is 0 Å². The van der Waals surface area contributed by atoms with Crippen LogP contribution in [0.2, 0.25) is 0 Å². The number of nitrogens with zero attached hydrogens (tertiary/aromatic N) is 4. The van der Waals surface area contributed by atoms with Crippen molar-refractivity contribution in [2.24, 2.45) is 11.7 Å². The first-order valence-corrected chi connectivity index (χ1v) is 5.00. The van der Waals surface area contributed by atoms with Crippen LogP contribution in [-0.4, -0.2) is 39.8 Å². The number of rotatable bonds is 1. The number of nitrogens with one attached hydrogen (secondary N) is 1. The van der Waals surface area contributed by atoms with Gasteiger partial charge in [-0.15, -0.1) is 0 Å². The molecule has 0 radical (unpaired) electrons. The van der Waals surface area contributed by atoms with E-state index in [2.05, 4.69) is 32.4 Å². The lowest BCUT2D eigenvalue weighted by Crippen LogP contribution is -2.36. The summed E-state index contributed by atoms with van der Waals surface area (Å²) in [5, 5.41) is 13.8. The Hall–Kier alpha value is -1.17. The fraction of sp³-hybridized carbons (Fsp3) is 0.875. The van der Waals surface area contributed by atoms with Gasteiger partial charge in [-0.2, -0.15) is 0 Å². The van der Waals surface area contributed by atoms with Crippen molar-refractivity contribution in [3.8, 4) is 0 Å². The van der Waals surface area contributed by atoms with Gasteiger partial charge in [-0.1, -0.05) is 12.0 Å². The van der Waals surface area contributed by atoms with Crippen molar-refractivity contribution in [2.75, 3.05) is 18.0 Å². The third kappa shape index (κ3) is 2.01. The lowest BCUT2D eigenvalue weighted by Gasteiger charge is -2.20. The topological polar surface area (TPSA) is 83.7 Å². The van der Waals surface area contributed by atoms with Crippen LogP contribution in [0.25, 0.3) is 0 Å². The number of hydrogen-bond donors (Lipinski definition) is 2. The maximum absolute atomic E-state index is 6.00. The molecule has 0 saturated carbocycles. The van der Waals surface area contributed by atoms with Gasteiger partial charge in [0.15, 0.2) is 0 Å². The van der Waals surface area contributed by atoms with E-state index in [1.54, 1.807) is 0 Å². The van der Waals surface area contributed by atoms with Crippen LogP contribution in [0.5, 0.6) is 0 Å². The highest BCUT2D eigenvalue weighted by atomic mass is 15.5. The molecule has 0 amide bonds. The first kappa shape index (κ1) is 9.39. The zero-order chi connectivity index (χ0) is 9.97. The van der Waals surface area contributed by atoms with Gasteiger partial charge < -0.3 is 10.6 Å². The fourth-order valence-electron chi connectivity index (χ4n) is 1.94. The molecule has 1 aliphatic heterocycles. The molecule has 3 N–H and O–H groups in total.